The van der Waals surface area contributed by atoms with Crippen LogP contribution < -0.4 is 9.62 Å². The zero-order valence-corrected chi connectivity index (χ0v) is 24.0. The maximum Gasteiger partial charge on any atom is 0.264 e. The van der Waals surface area contributed by atoms with Crippen molar-refractivity contribution in [1.29, 1.82) is 0 Å². The smallest absolute Gasteiger partial charge is 0.264 e. The van der Waals surface area contributed by atoms with Gasteiger partial charge in [-0.25, -0.2) is 8.42 Å². The highest BCUT2D eigenvalue weighted by atomic mass is 35.5. The van der Waals surface area contributed by atoms with Gasteiger partial charge in [-0.3, -0.25) is 13.9 Å². The molecule has 0 spiro atoms. The zero-order valence-electron chi connectivity index (χ0n) is 21.7. The molecule has 3 aromatic carbocycles. The van der Waals surface area contributed by atoms with Crippen molar-refractivity contribution in [3.8, 4) is 0 Å². The molecule has 0 aromatic heterocycles. The maximum absolute atomic E-state index is 13.8. The molecule has 3 aromatic rings. The van der Waals surface area contributed by atoms with Gasteiger partial charge in [0, 0.05) is 13.6 Å². The Labute approximate surface area is 234 Å². The number of hydrogen-bond acceptors (Lipinski definition) is 4. The molecule has 0 aliphatic carbocycles. The fourth-order valence-corrected chi connectivity index (χ4v) is 5.66. The van der Waals surface area contributed by atoms with E-state index in [1.54, 1.807) is 55.5 Å². The molecule has 1 atom stereocenters. The molecule has 0 bridgehead atoms. The largest absolute Gasteiger partial charge is 0.357 e. The Hall–Kier alpha value is -3.07. The summed E-state index contributed by atoms with van der Waals surface area (Å²) in [4.78, 5) is 27.7. The number of anilines is 1. The second-order valence-corrected chi connectivity index (χ2v) is 11.8. The number of carbonyl (C=O) groups is 2. The Kier molecular flexibility index (Phi) is 9.82. The first-order valence-corrected chi connectivity index (χ1v) is 14.3. The topological polar surface area (TPSA) is 86.8 Å². The quantitative estimate of drug-likeness (QED) is 0.347. The van der Waals surface area contributed by atoms with Crippen molar-refractivity contribution in [3.63, 3.8) is 0 Å². The zero-order chi connectivity index (χ0) is 28.0. The first kappa shape index (κ1) is 29.5. The summed E-state index contributed by atoms with van der Waals surface area (Å²) < 4.78 is 28.6. The van der Waals surface area contributed by atoms with Crippen LogP contribution in [-0.2, 0) is 26.2 Å². The number of hydrogen-bond donors (Lipinski definition) is 1. The van der Waals surface area contributed by atoms with E-state index in [-0.39, 0.29) is 17.4 Å². The predicted molar refractivity (Wildman–Crippen MR) is 152 cm³/mol. The van der Waals surface area contributed by atoms with Crippen LogP contribution in [0.3, 0.4) is 0 Å². The van der Waals surface area contributed by atoms with E-state index in [1.165, 1.54) is 24.1 Å². The second kappa shape index (κ2) is 12.7. The number of benzene rings is 3. The van der Waals surface area contributed by atoms with Crippen molar-refractivity contribution < 1.29 is 18.0 Å². The van der Waals surface area contributed by atoms with E-state index in [1.807, 2.05) is 26.0 Å². The first-order valence-electron chi connectivity index (χ1n) is 12.1. The lowest BCUT2D eigenvalue weighted by atomic mass is 10.0. The fourth-order valence-electron chi connectivity index (χ4n) is 3.90. The molecule has 7 nitrogen and oxygen atoms in total. The molecule has 0 fully saturated rings. The third-order valence-electron chi connectivity index (χ3n) is 6.21. The molecule has 0 aliphatic heterocycles. The number of nitrogens with one attached hydrogen (secondary N) is 1. The molecular weight excluding hydrogens is 545 g/mol. The molecular formula is C28H31Cl2N3O4S. The van der Waals surface area contributed by atoms with Gasteiger partial charge >= 0.3 is 0 Å². The first-order chi connectivity index (χ1) is 17.9. The Morgan fingerprint density at radius 2 is 1.53 bits per heavy atom. The molecule has 3 rings (SSSR count). The van der Waals surface area contributed by atoms with E-state index in [0.717, 1.165) is 9.87 Å². The Morgan fingerprint density at radius 1 is 0.895 bits per heavy atom. The molecule has 2 amide bonds. The van der Waals surface area contributed by atoms with Gasteiger partial charge in [0.15, 0.2) is 0 Å². The van der Waals surface area contributed by atoms with Crippen LogP contribution >= 0.6 is 23.2 Å². The molecule has 0 saturated heterocycles. The average Bonchev–Trinajstić information content (AvgIpc) is 2.91. The summed E-state index contributed by atoms with van der Waals surface area (Å²) >= 11 is 12.2. The highest BCUT2D eigenvalue weighted by molar-refractivity contribution is 7.92. The summed E-state index contributed by atoms with van der Waals surface area (Å²) in [7, 11) is -2.63. The van der Waals surface area contributed by atoms with Crippen molar-refractivity contribution in [3.05, 3.63) is 94.0 Å². The molecule has 0 saturated carbocycles. The molecule has 1 N–H and O–H groups in total. The van der Waals surface area contributed by atoms with E-state index < -0.39 is 34.4 Å². The monoisotopic (exact) mass is 575 g/mol. The molecule has 1 unspecified atom stereocenters. The summed E-state index contributed by atoms with van der Waals surface area (Å²) in [6.07, 6.45) is 0. The van der Waals surface area contributed by atoms with Gasteiger partial charge in [-0.05, 0) is 60.4 Å². The highest BCUT2D eigenvalue weighted by Crippen LogP contribution is 2.27. The second-order valence-electron chi connectivity index (χ2n) is 9.13. The lowest BCUT2D eigenvalue weighted by Crippen LogP contribution is -2.50. The lowest BCUT2D eigenvalue weighted by molar-refractivity contribution is -0.139. The van der Waals surface area contributed by atoms with Crippen LogP contribution in [0.1, 0.15) is 37.8 Å². The minimum absolute atomic E-state index is 0.0236. The Bertz CT molecular complexity index is 1380. The maximum atomic E-state index is 13.8. The molecule has 0 radical (unpaired) electrons. The van der Waals surface area contributed by atoms with Crippen LogP contribution in [0, 0.1) is 0 Å². The molecule has 10 heteroatoms. The normalized spacial score (nSPS) is 12.2. The number of likely N-dealkylation sites (N-methyl/N-ethyl adjacent to an activating group) is 1. The van der Waals surface area contributed by atoms with E-state index in [0.29, 0.717) is 21.3 Å². The van der Waals surface area contributed by atoms with Crippen molar-refractivity contribution in [2.24, 2.45) is 0 Å². The molecule has 0 heterocycles. The summed E-state index contributed by atoms with van der Waals surface area (Å²) in [5.74, 6) is -0.697. The summed E-state index contributed by atoms with van der Waals surface area (Å²) in [5.41, 5.74) is 2.02. The number of halogens is 2. The number of nitrogens with zero attached hydrogens (tertiary/aromatic N) is 2. The van der Waals surface area contributed by atoms with Crippen LogP contribution in [0.25, 0.3) is 0 Å². The van der Waals surface area contributed by atoms with Gasteiger partial charge in [0.25, 0.3) is 10.0 Å². The van der Waals surface area contributed by atoms with Crippen molar-refractivity contribution in [2.75, 3.05) is 17.9 Å². The van der Waals surface area contributed by atoms with Gasteiger partial charge in [0.05, 0.1) is 20.6 Å². The van der Waals surface area contributed by atoms with Gasteiger partial charge in [0.1, 0.15) is 12.6 Å². The van der Waals surface area contributed by atoms with Gasteiger partial charge in [-0.1, -0.05) is 73.4 Å². The van der Waals surface area contributed by atoms with E-state index in [9.17, 15) is 18.0 Å². The minimum atomic E-state index is -4.11. The number of amides is 2. The lowest BCUT2D eigenvalue weighted by Gasteiger charge is -2.32. The number of sulfonamides is 1. The van der Waals surface area contributed by atoms with Crippen molar-refractivity contribution in [1.82, 2.24) is 10.2 Å². The Balaban J connectivity index is 2.04. The molecule has 0 aliphatic rings. The van der Waals surface area contributed by atoms with Gasteiger partial charge in [0.2, 0.25) is 11.8 Å². The fraction of sp³-hybridized carbons (Fsp3) is 0.286. The van der Waals surface area contributed by atoms with E-state index in [4.69, 9.17) is 23.2 Å². The third kappa shape index (κ3) is 6.87. The van der Waals surface area contributed by atoms with Crippen LogP contribution in [0.15, 0.2) is 77.7 Å². The van der Waals surface area contributed by atoms with Crippen LogP contribution in [0.4, 0.5) is 5.69 Å². The van der Waals surface area contributed by atoms with Crippen molar-refractivity contribution >= 4 is 50.7 Å². The minimum Gasteiger partial charge on any atom is -0.357 e. The molecule has 202 valence electrons. The van der Waals surface area contributed by atoms with Crippen molar-refractivity contribution in [2.45, 2.75) is 44.2 Å². The summed E-state index contributed by atoms with van der Waals surface area (Å²) in [6, 6.07) is 19.0. The molecule has 38 heavy (non-hydrogen) atoms. The number of rotatable bonds is 10. The number of carbonyl (C=O) groups excluding carboxylic acids is 2. The average molecular weight is 577 g/mol. The van der Waals surface area contributed by atoms with Gasteiger partial charge in [-0.2, -0.15) is 0 Å². The summed E-state index contributed by atoms with van der Waals surface area (Å²) in [6.45, 7) is 5.18. The standard InChI is InChI=1S/C28H31Cl2N3O4S/c1-19(2)22-11-13-23(14-12-22)33(38(36,37)24-8-6-5-7-9-24)18-27(34)32(20(3)28(35)31-4)17-21-10-15-25(29)26(30)16-21/h5-16,19-20H,17-18H2,1-4H3,(H,31,35). The van der Waals surface area contributed by atoms with Crippen LogP contribution in [0.5, 0.6) is 0 Å². The van der Waals surface area contributed by atoms with Crippen LogP contribution in [0.2, 0.25) is 10.0 Å². The SMILES string of the molecule is CNC(=O)C(C)N(Cc1ccc(Cl)c(Cl)c1)C(=O)CN(c1ccc(C(C)C)cc1)S(=O)(=O)c1ccccc1. The third-order valence-corrected chi connectivity index (χ3v) is 8.74. The predicted octanol–water partition coefficient (Wildman–Crippen LogP) is 5.48. The van der Waals surface area contributed by atoms with E-state index in [2.05, 4.69) is 5.32 Å². The van der Waals surface area contributed by atoms with E-state index >= 15 is 0 Å². The van der Waals surface area contributed by atoms with Gasteiger partial charge < -0.3 is 10.2 Å². The Morgan fingerprint density at radius 3 is 2.08 bits per heavy atom. The van der Waals surface area contributed by atoms with Crippen LogP contribution in [-0.4, -0.2) is 44.8 Å². The summed E-state index contributed by atoms with van der Waals surface area (Å²) in [5, 5.41) is 3.22. The highest BCUT2D eigenvalue weighted by Gasteiger charge is 2.32. The van der Waals surface area contributed by atoms with Gasteiger partial charge in [-0.15, -0.1) is 0 Å².